The van der Waals surface area contributed by atoms with Crippen molar-refractivity contribution in [2.75, 3.05) is 20.8 Å². The van der Waals surface area contributed by atoms with E-state index in [4.69, 9.17) is 14.2 Å². The summed E-state index contributed by atoms with van der Waals surface area (Å²) in [6.07, 6.45) is 7.14. The highest BCUT2D eigenvalue weighted by Gasteiger charge is 2.74. The number of rotatable bonds is 10. The fraction of sp³-hybridized carbons (Fsp3) is 0.640. The molecule has 1 amide bonds. The predicted molar refractivity (Wildman–Crippen MR) is 226 cm³/mol. The maximum absolute atomic E-state index is 15.0. The summed E-state index contributed by atoms with van der Waals surface area (Å²) in [4.78, 5) is 31.4. The van der Waals surface area contributed by atoms with E-state index in [2.05, 4.69) is 46.8 Å². The van der Waals surface area contributed by atoms with Gasteiger partial charge in [-0.2, -0.15) is 13.2 Å². The third-order valence-corrected chi connectivity index (χ3v) is 17.2. The first kappa shape index (κ1) is 43.8. The Morgan fingerprint density at radius 1 is 0.918 bits per heavy atom. The number of Topliss-reactive ketones (excluding diaryl/α,β-unsaturated/α-hetero) is 1. The number of alkyl halides is 3. The molecule has 9 rings (SSSR count). The summed E-state index contributed by atoms with van der Waals surface area (Å²) in [5, 5.41) is 24.5. The van der Waals surface area contributed by atoms with E-state index in [1.807, 2.05) is 18.2 Å². The van der Waals surface area contributed by atoms with Gasteiger partial charge in [-0.25, -0.2) is 4.79 Å². The molecule has 7 aliphatic carbocycles. The minimum atomic E-state index is -4.62. The molecular formula is C50H64F3NO7. The molecule has 61 heavy (non-hydrogen) atoms. The number of nitrogens with zero attached hydrogens (tertiary/aromatic N) is 1. The van der Waals surface area contributed by atoms with Crippen molar-refractivity contribution in [3.63, 3.8) is 0 Å². The van der Waals surface area contributed by atoms with Crippen molar-refractivity contribution in [1.29, 1.82) is 0 Å². The quantitative estimate of drug-likeness (QED) is 0.181. The van der Waals surface area contributed by atoms with Gasteiger partial charge in [0.15, 0.2) is 5.78 Å². The van der Waals surface area contributed by atoms with Crippen LogP contribution < -0.4 is 9.47 Å². The van der Waals surface area contributed by atoms with Gasteiger partial charge in [-0.15, -0.1) is 0 Å². The summed E-state index contributed by atoms with van der Waals surface area (Å²) in [6, 6.07) is 10.1. The number of amides is 1. The van der Waals surface area contributed by atoms with E-state index in [1.54, 1.807) is 25.2 Å². The van der Waals surface area contributed by atoms with Crippen molar-refractivity contribution in [2.45, 2.75) is 129 Å². The number of ketones is 1. The van der Waals surface area contributed by atoms with Crippen molar-refractivity contribution in [3.05, 3.63) is 83.0 Å². The highest BCUT2D eigenvalue weighted by molar-refractivity contribution is 6.10. The molecule has 2 aromatic rings. The van der Waals surface area contributed by atoms with Crippen molar-refractivity contribution in [3.8, 4) is 11.5 Å². The fourth-order valence-corrected chi connectivity index (χ4v) is 13.7. The smallest absolute Gasteiger partial charge is 0.416 e. The van der Waals surface area contributed by atoms with Gasteiger partial charge in [0.1, 0.15) is 17.6 Å². The van der Waals surface area contributed by atoms with Gasteiger partial charge in [0, 0.05) is 39.0 Å². The Hall–Kier alpha value is -3.83. The van der Waals surface area contributed by atoms with Crippen LogP contribution in [0.4, 0.5) is 18.0 Å². The Balaban J connectivity index is 1.19. The number of benzene rings is 2. The Labute approximate surface area is 358 Å². The van der Waals surface area contributed by atoms with Crippen molar-refractivity contribution in [1.82, 2.24) is 4.90 Å². The van der Waals surface area contributed by atoms with E-state index in [-0.39, 0.29) is 47.9 Å². The van der Waals surface area contributed by atoms with Crippen LogP contribution in [0.3, 0.4) is 0 Å². The summed E-state index contributed by atoms with van der Waals surface area (Å²) in [6.45, 7) is 11.0. The molecule has 7 aliphatic rings. The number of allylic oxidation sites excluding steroid dienone is 4. The first-order valence-electron chi connectivity index (χ1n) is 22.5. The standard InChI is InChI=1S/C50H64F3NO7/c1-30(2)37-14-11-31(3)23-40(37)61-44(57)54(28-33-12-13-36(59-6)25-39(33)60-7)29-48(58)20-17-42-46(48,5)19-16-41-45(4)18-15-35(55)26-47(45)21-22-49(41,42)38(27-47)43(56)32-9-8-10-34(24-32)50(51,52)53/h8-10,12-13,21-22,24-25,27,30-31,35,37,40-42,55,58H,11,14-20,23,26,28-29H2,1-7H3/t31-,35?,37+,40-,41+,42+,45+,46-,47-,48+,49+/m0/s1. The molecule has 2 N–H and O–H groups in total. The van der Waals surface area contributed by atoms with Gasteiger partial charge in [0.2, 0.25) is 0 Å². The van der Waals surface area contributed by atoms with Crippen molar-refractivity contribution in [2.24, 2.45) is 51.2 Å². The molecule has 0 aromatic heterocycles. The van der Waals surface area contributed by atoms with Gasteiger partial charge in [0.25, 0.3) is 0 Å². The summed E-state index contributed by atoms with van der Waals surface area (Å²) < 4.78 is 59.9. The normalized spacial score (nSPS) is 37.6. The molecule has 332 valence electrons. The van der Waals surface area contributed by atoms with Crippen LogP contribution in [0.15, 0.2) is 66.3 Å². The maximum atomic E-state index is 15.0. The zero-order valence-electron chi connectivity index (χ0n) is 36.8. The van der Waals surface area contributed by atoms with Crippen molar-refractivity contribution < 1.29 is 47.2 Å². The van der Waals surface area contributed by atoms with Crippen LogP contribution in [-0.4, -0.2) is 65.6 Å². The lowest BCUT2D eigenvalue weighted by Crippen LogP contribution is -2.67. The van der Waals surface area contributed by atoms with Crippen LogP contribution in [0.1, 0.15) is 120 Å². The predicted octanol–water partition coefficient (Wildman–Crippen LogP) is 10.6. The van der Waals surface area contributed by atoms with E-state index in [9.17, 15) is 28.2 Å². The summed E-state index contributed by atoms with van der Waals surface area (Å²) in [7, 11) is 3.15. The summed E-state index contributed by atoms with van der Waals surface area (Å²) in [5.41, 5.74) is -3.80. The average molecular weight is 848 g/mol. The molecule has 11 heteroatoms. The summed E-state index contributed by atoms with van der Waals surface area (Å²) >= 11 is 0. The molecule has 2 bridgehead atoms. The Morgan fingerprint density at radius 3 is 2.34 bits per heavy atom. The zero-order valence-corrected chi connectivity index (χ0v) is 36.8. The number of aliphatic hydroxyl groups is 2. The van der Waals surface area contributed by atoms with E-state index in [0.717, 1.165) is 43.4 Å². The molecule has 11 atom stereocenters. The van der Waals surface area contributed by atoms with Gasteiger partial charge >= 0.3 is 12.3 Å². The van der Waals surface area contributed by atoms with Crippen LogP contribution in [0.25, 0.3) is 0 Å². The van der Waals surface area contributed by atoms with Crippen LogP contribution >= 0.6 is 0 Å². The average Bonchev–Trinajstić information content (AvgIpc) is 3.49. The van der Waals surface area contributed by atoms with E-state index < -0.39 is 51.6 Å². The van der Waals surface area contributed by atoms with Gasteiger partial charge in [-0.1, -0.05) is 71.4 Å². The zero-order chi connectivity index (χ0) is 43.9. The second-order valence-electron chi connectivity index (χ2n) is 20.5. The van der Waals surface area contributed by atoms with Crippen LogP contribution in [0.5, 0.6) is 11.5 Å². The minimum absolute atomic E-state index is 0.0239. The minimum Gasteiger partial charge on any atom is -0.497 e. The first-order chi connectivity index (χ1) is 28.7. The molecule has 0 heterocycles. The molecule has 4 saturated carbocycles. The van der Waals surface area contributed by atoms with Gasteiger partial charge in [-0.3, -0.25) is 4.79 Å². The van der Waals surface area contributed by atoms with Crippen molar-refractivity contribution >= 4 is 11.9 Å². The van der Waals surface area contributed by atoms with E-state index >= 15 is 4.79 Å². The topological polar surface area (TPSA) is 106 Å². The molecule has 8 nitrogen and oxygen atoms in total. The van der Waals surface area contributed by atoms with Gasteiger partial charge in [-0.05, 0) is 117 Å². The number of hydrogen-bond acceptors (Lipinski definition) is 7. The molecule has 0 radical (unpaired) electrons. The van der Waals surface area contributed by atoms with Gasteiger partial charge in [0.05, 0.1) is 44.6 Å². The monoisotopic (exact) mass is 847 g/mol. The number of hydrogen-bond donors (Lipinski definition) is 2. The van der Waals surface area contributed by atoms with E-state index in [1.165, 1.54) is 12.1 Å². The third-order valence-electron chi connectivity index (χ3n) is 17.2. The lowest BCUT2D eigenvalue weighted by molar-refractivity contribution is -0.175. The largest absolute Gasteiger partial charge is 0.497 e. The van der Waals surface area contributed by atoms with Crippen LogP contribution in [0.2, 0.25) is 0 Å². The van der Waals surface area contributed by atoms with Crippen LogP contribution in [0, 0.1) is 51.2 Å². The molecular weight excluding hydrogens is 784 g/mol. The highest BCUT2D eigenvalue weighted by Crippen LogP contribution is 2.78. The second-order valence-corrected chi connectivity index (χ2v) is 20.5. The number of halogens is 3. The lowest BCUT2D eigenvalue weighted by Gasteiger charge is -2.71. The summed E-state index contributed by atoms with van der Waals surface area (Å²) in [5.74, 6) is 1.30. The van der Waals surface area contributed by atoms with E-state index in [0.29, 0.717) is 67.4 Å². The second kappa shape index (κ2) is 15.5. The Kier molecular flexibility index (Phi) is 11.1. The molecule has 0 saturated heterocycles. The lowest BCUT2D eigenvalue weighted by atomic mass is 9.32. The number of carbonyl (C=O) groups excluding carboxylic acids is 2. The molecule has 1 unspecified atom stereocenters. The molecule has 4 fully saturated rings. The maximum Gasteiger partial charge on any atom is 0.416 e. The molecule has 0 aliphatic heterocycles. The highest BCUT2D eigenvalue weighted by atomic mass is 19.4. The number of aliphatic hydroxyl groups excluding tert-OH is 1. The fourth-order valence-electron chi connectivity index (χ4n) is 13.7. The molecule has 2 aromatic carbocycles. The Morgan fingerprint density at radius 2 is 1.64 bits per heavy atom. The Bertz CT molecular complexity index is 2100. The SMILES string of the molecule is COc1ccc(CN(C[C@]2(O)CC[C@H]3[C@]45C=C[C@@]6(C=C4C(=O)c4cccc(C(F)(F)F)c4)CC(O)CC[C@]6(C)[C@H]5CC[C@@]32C)C(=O)O[C@H]2C[C@@H](C)CC[C@@H]2C(C)C)c(OC)c1. The third kappa shape index (κ3) is 6.93. The van der Waals surface area contributed by atoms with Crippen LogP contribution in [-0.2, 0) is 17.5 Å². The van der Waals surface area contributed by atoms with Gasteiger partial charge < -0.3 is 29.3 Å². The number of methoxy groups -OCH3 is 2. The molecule has 2 spiro atoms. The number of fused-ring (bicyclic) bond motifs is 1. The number of ether oxygens (including phenoxy) is 3. The number of carbonyl (C=O) groups is 2. The first-order valence-corrected chi connectivity index (χ1v) is 22.5.